The Balaban J connectivity index is 2.18. The molecule has 0 bridgehead atoms. The topological polar surface area (TPSA) is 118 Å². The van der Waals surface area contributed by atoms with Crippen molar-refractivity contribution in [1.29, 1.82) is 0 Å². The molecular weight excluding hydrogens is 442 g/mol. The predicted molar refractivity (Wildman–Crippen MR) is 117 cm³/mol. The molecule has 0 amide bonds. The molecule has 0 spiro atoms. The maximum absolute atomic E-state index is 13.1. The Bertz CT molecular complexity index is 1310. The monoisotopic (exact) mass is 461 g/mol. The molecule has 0 heterocycles. The van der Waals surface area contributed by atoms with Crippen LogP contribution in [-0.4, -0.2) is 35.9 Å². The average molecular weight is 462 g/mol. The lowest BCUT2D eigenvalue weighted by Gasteiger charge is -2.27. The van der Waals surface area contributed by atoms with Crippen LogP contribution in [0, 0.1) is 10.1 Å². The van der Waals surface area contributed by atoms with E-state index >= 15 is 0 Å². The molecule has 31 heavy (non-hydrogen) atoms. The van der Waals surface area contributed by atoms with Gasteiger partial charge in [0.05, 0.1) is 26.1 Å². The molecule has 0 aliphatic heterocycles. The fourth-order valence-corrected chi connectivity index (χ4v) is 5.36. The van der Waals surface area contributed by atoms with Gasteiger partial charge in [-0.25, -0.2) is 16.8 Å². The summed E-state index contributed by atoms with van der Waals surface area (Å²) in [6, 6.07) is 18.5. The highest BCUT2D eigenvalue weighted by molar-refractivity contribution is 7.93. The maximum Gasteiger partial charge on any atom is 0.271 e. The van der Waals surface area contributed by atoms with Crippen molar-refractivity contribution in [3.63, 3.8) is 0 Å². The van der Waals surface area contributed by atoms with E-state index in [4.69, 9.17) is 0 Å². The first-order valence-electron chi connectivity index (χ1n) is 8.93. The first kappa shape index (κ1) is 22.2. The second-order valence-electron chi connectivity index (χ2n) is 6.50. The van der Waals surface area contributed by atoms with Crippen molar-refractivity contribution in [2.75, 3.05) is 22.7 Å². The minimum Gasteiger partial charge on any atom is -0.267 e. The van der Waals surface area contributed by atoms with E-state index in [0.717, 1.165) is 20.7 Å². The lowest BCUT2D eigenvalue weighted by Crippen LogP contribution is -2.31. The van der Waals surface area contributed by atoms with Gasteiger partial charge in [-0.1, -0.05) is 36.4 Å². The van der Waals surface area contributed by atoms with Gasteiger partial charge in [-0.15, -0.1) is 0 Å². The summed E-state index contributed by atoms with van der Waals surface area (Å²) in [4.78, 5) is 10.6. The molecule has 0 N–H and O–H groups in total. The van der Waals surface area contributed by atoms with Gasteiger partial charge in [0, 0.05) is 26.2 Å². The molecule has 0 radical (unpaired) electrons. The van der Waals surface area contributed by atoms with Gasteiger partial charge in [0.25, 0.3) is 25.7 Å². The summed E-state index contributed by atoms with van der Waals surface area (Å²) in [6.07, 6.45) is 0. The second kappa shape index (κ2) is 8.36. The highest BCUT2D eigenvalue weighted by Crippen LogP contribution is 2.37. The van der Waals surface area contributed by atoms with E-state index in [1.54, 1.807) is 36.4 Å². The summed E-state index contributed by atoms with van der Waals surface area (Å²) in [6.45, 7) is 0. The fourth-order valence-electron chi connectivity index (χ4n) is 2.90. The fraction of sp³-hybridized carbons (Fsp3) is 0.100. The molecule has 3 rings (SSSR count). The number of nitro groups is 1. The molecule has 11 heteroatoms. The molecule has 3 aromatic carbocycles. The third-order valence-electron chi connectivity index (χ3n) is 4.65. The van der Waals surface area contributed by atoms with Gasteiger partial charge in [-0.3, -0.25) is 18.7 Å². The Morgan fingerprint density at radius 3 is 1.52 bits per heavy atom. The first-order valence-corrected chi connectivity index (χ1v) is 11.8. The molecule has 0 aliphatic carbocycles. The minimum atomic E-state index is -4.11. The predicted octanol–water partition coefficient (Wildman–Crippen LogP) is 3.25. The van der Waals surface area contributed by atoms with Crippen LogP contribution in [0.15, 0.2) is 88.7 Å². The van der Waals surface area contributed by atoms with E-state index < -0.39 is 25.0 Å². The Morgan fingerprint density at radius 2 is 1.10 bits per heavy atom. The number of sulfonamides is 2. The zero-order chi connectivity index (χ0) is 22.8. The summed E-state index contributed by atoms with van der Waals surface area (Å²) >= 11 is 0. The molecule has 9 nitrogen and oxygen atoms in total. The van der Waals surface area contributed by atoms with Gasteiger partial charge < -0.3 is 0 Å². The Hall–Kier alpha value is -3.44. The number of non-ortho nitro benzene ring substituents is 1. The van der Waals surface area contributed by atoms with Crippen LogP contribution in [0.5, 0.6) is 0 Å². The smallest absolute Gasteiger partial charge is 0.267 e. The summed E-state index contributed by atoms with van der Waals surface area (Å²) in [5.74, 6) is 0. The zero-order valence-electron chi connectivity index (χ0n) is 16.6. The summed E-state index contributed by atoms with van der Waals surface area (Å²) in [5.41, 5.74) is -0.559. The van der Waals surface area contributed by atoms with Crippen molar-refractivity contribution in [3.05, 3.63) is 89.0 Å². The Kier molecular flexibility index (Phi) is 6.00. The Morgan fingerprint density at radius 1 is 0.677 bits per heavy atom. The molecule has 0 fully saturated rings. The van der Waals surface area contributed by atoms with Gasteiger partial charge in [-0.2, -0.15) is 0 Å². The number of anilines is 2. The molecule has 162 valence electrons. The highest BCUT2D eigenvalue weighted by atomic mass is 32.2. The summed E-state index contributed by atoms with van der Waals surface area (Å²) in [7, 11) is -5.68. The van der Waals surface area contributed by atoms with Crippen LogP contribution in [-0.2, 0) is 20.0 Å². The van der Waals surface area contributed by atoms with E-state index in [2.05, 4.69) is 0 Å². The van der Waals surface area contributed by atoms with E-state index in [0.29, 0.717) is 0 Å². The quantitative estimate of drug-likeness (QED) is 0.394. The van der Waals surface area contributed by atoms with Crippen LogP contribution in [0.3, 0.4) is 0 Å². The van der Waals surface area contributed by atoms with Crippen molar-refractivity contribution < 1.29 is 21.8 Å². The molecule has 3 aromatic rings. The molecule has 0 atom stereocenters. The molecule has 0 aliphatic rings. The van der Waals surface area contributed by atoms with Crippen molar-refractivity contribution in [2.45, 2.75) is 9.79 Å². The zero-order valence-corrected chi connectivity index (χ0v) is 18.2. The van der Waals surface area contributed by atoms with Gasteiger partial charge in [-0.05, 0) is 30.3 Å². The van der Waals surface area contributed by atoms with E-state index in [9.17, 15) is 26.9 Å². The van der Waals surface area contributed by atoms with E-state index in [1.807, 2.05) is 0 Å². The molecule has 0 saturated heterocycles. The SMILES string of the molecule is CN(c1ccc([N+](=O)[O-])cc1N(C)S(=O)(=O)c1ccccc1)S(=O)(=O)c1ccccc1. The van der Waals surface area contributed by atoms with Crippen molar-refractivity contribution in [3.8, 4) is 0 Å². The second-order valence-corrected chi connectivity index (χ2v) is 10.4. The van der Waals surface area contributed by atoms with Crippen LogP contribution >= 0.6 is 0 Å². The summed E-state index contributed by atoms with van der Waals surface area (Å²) < 4.78 is 54.1. The maximum atomic E-state index is 13.1. The first-order chi connectivity index (χ1) is 14.6. The lowest BCUT2D eigenvalue weighted by atomic mass is 10.2. The van der Waals surface area contributed by atoms with Crippen molar-refractivity contribution >= 4 is 37.1 Å². The van der Waals surface area contributed by atoms with Gasteiger partial charge >= 0.3 is 0 Å². The van der Waals surface area contributed by atoms with E-state index in [1.165, 1.54) is 44.4 Å². The molecular formula is C20H19N3O6S2. The van der Waals surface area contributed by atoms with Crippen LogP contribution in [0.4, 0.5) is 17.1 Å². The largest absolute Gasteiger partial charge is 0.271 e. The molecule has 0 saturated carbocycles. The van der Waals surface area contributed by atoms with Crippen molar-refractivity contribution in [2.24, 2.45) is 0 Å². The van der Waals surface area contributed by atoms with Gasteiger partial charge in [0.15, 0.2) is 0 Å². The number of hydrogen-bond acceptors (Lipinski definition) is 6. The number of benzene rings is 3. The highest BCUT2D eigenvalue weighted by Gasteiger charge is 2.30. The van der Waals surface area contributed by atoms with Crippen LogP contribution in [0.2, 0.25) is 0 Å². The van der Waals surface area contributed by atoms with Crippen LogP contribution in [0.25, 0.3) is 0 Å². The minimum absolute atomic E-state index is 0.00428. The average Bonchev–Trinajstić information content (AvgIpc) is 2.78. The summed E-state index contributed by atoms with van der Waals surface area (Å²) in [5, 5.41) is 11.3. The third-order valence-corrected chi connectivity index (χ3v) is 8.22. The van der Waals surface area contributed by atoms with E-state index in [-0.39, 0.29) is 26.9 Å². The number of nitro benzene ring substituents is 1. The van der Waals surface area contributed by atoms with Gasteiger partial charge in [0.2, 0.25) is 0 Å². The molecule has 0 unspecified atom stereocenters. The number of hydrogen-bond donors (Lipinski definition) is 0. The normalized spacial score (nSPS) is 11.7. The van der Waals surface area contributed by atoms with Crippen LogP contribution in [0.1, 0.15) is 0 Å². The van der Waals surface area contributed by atoms with Crippen LogP contribution < -0.4 is 8.61 Å². The number of nitrogens with zero attached hydrogens (tertiary/aromatic N) is 3. The standard InChI is InChI=1S/C20H19N3O6S2/c1-21(30(26,27)17-9-5-3-6-10-17)19-14-13-16(23(24)25)15-20(19)22(2)31(28,29)18-11-7-4-8-12-18/h3-15H,1-2H3. The number of rotatable bonds is 7. The third kappa shape index (κ3) is 4.23. The van der Waals surface area contributed by atoms with Crippen molar-refractivity contribution in [1.82, 2.24) is 0 Å². The van der Waals surface area contributed by atoms with Gasteiger partial charge in [0.1, 0.15) is 0 Å². The molecule has 0 aromatic heterocycles. The Labute approximate surface area is 180 Å². The lowest BCUT2D eigenvalue weighted by molar-refractivity contribution is -0.384.